The summed E-state index contributed by atoms with van der Waals surface area (Å²) in [5.41, 5.74) is -0.570. The van der Waals surface area contributed by atoms with Gasteiger partial charge in [-0.1, -0.05) is 13.3 Å². The van der Waals surface area contributed by atoms with Crippen LogP contribution in [0.2, 0.25) is 0 Å². The minimum absolute atomic E-state index is 0.0216. The summed E-state index contributed by atoms with van der Waals surface area (Å²) in [6, 6.07) is 0.149. The number of nitrogens with zero attached hydrogens (tertiary/aromatic N) is 1. The summed E-state index contributed by atoms with van der Waals surface area (Å²) >= 11 is 0. The second-order valence-corrected chi connectivity index (χ2v) is 5.83. The van der Waals surface area contributed by atoms with Gasteiger partial charge in [0, 0.05) is 6.04 Å². The minimum atomic E-state index is -0.680. The number of carboxylic acid groups (broad SMARTS) is 1. The molecule has 2 N–H and O–H groups in total. The molecule has 0 aromatic heterocycles. The van der Waals surface area contributed by atoms with E-state index in [1.807, 2.05) is 20.8 Å². The van der Waals surface area contributed by atoms with E-state index in [0.29, 0.717) is 32.5 Å². The van der Waals surface area contributed by atoms with Crippen LogP contribution in [0.5, 0.6) is 0 Å². The number of likely N-dealkylation sites (tertiary alicyclic amines) is 1. The molecule has 0 aromatic rings. The van der Waals surface area contributed by atoms with Gasteiger partial charge in [-0.25, -0.2) is 0 Å². The van der Waals surface area contributed by atoms with E-state index in [2.05, 4.69) is 10.2 Å². The van der Waals surface area contributed by atoms with Crippen molar-refractivity contribution in [1.29, 1.82) is 0 Å². The molecule has 0 saturated carbocycles. The van der Waals surface area contributed by atoms with Gasteiger partial charge in [-0.3, -0.25) is 14.5 Å². The van der Waals surface area contributed by atoms with E-state index >= 15 is 0 Å². The van der Waals surface area contributed by atoms with E-state index in [1.54, 1.807) is 0 Å². The maximum atomic E-state index is 11.7. The molecule has 1 aliphatic heterocycles. The Bertz CT molecular complexity index is 321. The molecule has 1 heterocycles. The van der Waals surface area contributed by atoms with Crippen LogP contribution in [0.4, 0.5) is 0 Å². The van der Waals surface area contributed by atoms with Crippen LogP contribution in [0.15, 0.2) is 0 Å². The highest BCUT2D eigenvalue weighted by atomic mass is 16.4. The molecule has 0 atom stereocenters. The number of piperidine rings is 1. The Morgan fingerprint density at radius 3 is 2.32 bits per heavy atom. The Kier molecular flexibility index (Phi) is 5.79. The molecule has 0 aliphatic carbocycles. The second-order valence-electron chi connectivity index (χ2n) is 5.83. The number of amides is 1. The molecule has 110 valence electrons. The SMILES string of the molecule is CCCC1(C(=O)O)CCN(CC(=O)NC(C)C)CC1. The average Bonchev–Trinajstić information content (AvgIpc) is 2.30. The zero-order valence-electron chi connectivity index (χ0n) is 12.2. The predicted octanol–water partition coefficient (Wildman–Crippen LogP) is 1.48. The largest absolute Gasteiger partial charge is 0.481 e. The number of carboxylic acids is 1. The van der Waals surface area contributed by atoms with Gasteiger partial charge < -0.3 is 10.4 Å². The van der Waals surface area contributed by atoms with Crippen LogP contribution in [0.1, 0.15) is 46.5 Å². The molecular weight excluding hydrogens is 244 g/mol. The summed E-state index contributed by atoms with van der Waals surface area (Å²) in [6.07, 6.45) is 2.91. The van der Waals surface area contributed by atoms with Crippen molar-refractivity contribution in [1.82, 2.24) is 10.2 Å². The first-order valence-electron chi connectivity index (χ1n) is 7.15. The lowest BCUT2D eigenvalue weighted by molar-refractivity contribution is -0.152. The Balaban J connectivity index is 2.47. The first-order valence-corrected chi connectivity index (χ1v) is 7.15. The fourth-order valence-electron chi connectivity index (χ4n) is 2.76. The molecule has 1 fully saturated rings. The first kappa shape index (κ1) is 16.0. The standard InChI is InChI=1S/C14H26N2O3/c1-4-5-14(13(18)19)6-8-16(9-7-14)10-12(17)15-11(2)3/h11H,4-10H2,1-3H3,(H,15,17)(H,18,19). The van der Waals surface area contributed by atoms with E-state index in [0.717, 1.165) is 12.8 Å². The van der Waals surface area contributed by atoms with E-state index in [1.165, 1.54) is 0 Å². The molecule has 5 nitrogen and oxygen atoms in total. The minimum Gasteiger partial charge on any atom is -0.481 e. The molecular formula is C14H26N2O3. The van der Waals surface area contributed by atoms with E-state index < -0.39 is 11.4 Å². The van der Waals surface area contributed by atoms with Gasteiger partial charge in [0.25, 0.3) is 0 Å². The van der Waals surface area contributed by atoms with Crippen molar-refractivity contribution in [2.45, 2.75) is 52.5 Å². The van der Waals surface area contributed by atoms with Crippen molar-refractivity contribution in [3.63, 3.8) is 0 Å². The summed E-state index contributed by atoms with van der Waals surface area (Å²) in [6.45, 7) is 7.65. The van der Waals surface area contributed by atoms with Crippen molar-refractivity contribution >= 4 is 11.9 Å². The number of hydrogen-bond acceptors (Lipinski definition) is 3. The van der Waals surface area contributed by atoms with Crippen molar-refractivity contribution in [2.24, 2.45) is 5.41 Å². The molecule has 19 heavy (non-hydrogen) atoms. The predicted molar refractivity (Wildman–Crippen MR) is 73.9 cm³/mol. The van der Waals surface area contributed by atoms with Crippen LogP contribution < -0.4 is 5.32 Å². The quantitative estimate of drug-likeness (QED) is 0.767. The Labute approximate surface area is 115 Å². The normalized spacial score (nSPS) is 19.4. The number of hydrogen-bond donors (Lipinski definition) is 2. The molecule has 0 radical (unpaired) electrons. The summed E-state index contributed by atoms with van der Waals surface area (Å²) in [5, 5.41) is 12.3. The molecule has 0 bridgehead atoms. The fraction of sp³-hybridized carbons (Fsp3) is 0.857. The van der Waals surface area contributed by atoms with Gasteiger partial charge in [0.2, 0.25) is 5.91 Å². The van der Waals surface area contributed by atoms with Crippen molar-refractivity contribution < 1.29 is 14.7 Å². The average molecular weight is 270 g/mol. The van der Waals surface area contributed by atoms with Gasteiger partial charge in [-0.05, 0) is 46.2 Å². The van der Waals surface area contributed by atoms with Gasteiger partial charge in [0.05, 0.1) is 12.0 Å². The summed E-state index contributed by atoms with van der Waals surface area (Å²) in [4.78, 5) is 25.2. The lowest BCUT2D eigenvalue weighted by Crippen LogP contribution is -2.48. The highest BCUT2D eigenvalue weighted by Gasteiger charge is 2.40. The number of carbonyl (C=O) groups is 2. The zero-order valence-corrected chi connectivity index (χ0v) is 12.2. The van der Waals surface area contributed by atoms with Crippen molar-refractivity contribution in [3.05, 3.63) is 0 Å². The van der Waals surface area contributed by atoms with Gasteiger partial charge in [0.15, 0.2) is 0 Å². The molecule has 1 amide bonds. The maximum absolute atomic E-state index is 11.7. The van der Waals surface area contributed by atoms with Gasteiger partial charge in [0.1, 0.15) is 0 Å². The second kappa shape index (κ2) is 6.89. The molecule has 1 saturated heterocycles. The van der Waals surface area contributed by atoms with Gasteiger partial charge in [-0.2, -0.15) is 0 Å². The molecule has 0 aromatic carbocycles. The molecule has 0 spiro atoms. The number of rotatable bonds is 6. The Hall–Kier alpha value is -1.10. The third-order valence-corrected chi connectivity index (χ3v) is 3.81. The zero-order chi connectivity index (χ0) is 14.5. The summed E-state index contributed by atoms with van der Waals surface area (Å²) in [5.74, 6) is -0.658. The van der Waals surface area contributed by atoms with E-state index in [-0.39, 0.29) is 11.9 Å². The van der Waals surface area contributed by atoms with E-state index in [9.17, 15) is 14.7 Å². The fourth-order valence-corrected chi connectivity index (χ4v) is 2.76. The number of carbonyl (C=O) groups excluding carboxylic acids is 1. The topological polar surface area (TPSA) is 69.6 Å². The third kappa shape index (κ3) is 4.49. The monoisotopic (exact) mass is 270 g/mol. The lowest BCUT2D eigenvalue weighted by Gasteiger charge is -2.38. The summed E-state index contributed by atoms with van der Waals surface area (Å²) < 4.78 is 0. The molecule has 0 unspecified atom stereocenters. The Morgan fingerprint density at radius 2 is 1.89 bits per heavy atom. The van der Waals surface area contributed by atoms with Gasteiger partial charge >= 0.3 is 5.97 Å². The number of nitrogens with one attached hydrogen (secondary N) is 1. The van der Waals surface area contributed by atoms with Crippen LogP contribution >= 0.6 is 0 Å². The smallest absolute Gasteiger partial charge is 0.309 e. The van der Waals surface area contributed by atoms with Crippen LogP contribution in [-0.4, -0.2) is 47.6 Å². The highest BCUT2D eigenvalue weighted by Crippen LogP contribution is 2.36. The summed E-state index contributed by atoms with van der Waals surface area (Å²) in [7, 11) is 0. The molecule has 1 aliphatic rings. The highest BCUT2D eigenvalue weighted by molar-refractivity contribution is 5.78. The first-order chi connectivity index (χ1) is 8.89. The van der Waals surface area contributed by atoms with Crippen LogP contribution in [0, 0.1) is 5.41 Å². The van der Waals surface area contributed by atoms with Crippen molar-refractivity contribution in [2.75, 3.05) is 19.6 Å². The Morgan fingerprint density at radius 1 is 1.32 bits per heavy atom. The van der Waals surface area contributed by atoms with Crippen LogP contribution in [0.3, 0.4) is 0 Å². The molecule has 1 rings (SSSR count). The van der Waals surface area contributed by atoms with Crippen LogP contribution in [-0.2, 0) is 9.59 Å². The number of aliphatic carboxylic acids is 1. The van der Waals surface area contributed by atoms with E-state index in [4.69, 9.17) is 0 Å². The van der Waals surface area contributed by atoms with Crippen molar-refractivity contribution in [3.8, 4) is 0 Å². The van der Waals surface area contributed by atoms with Crippen LogP contribution in [0.25, 0.3) is 0 Å². The maximum Gasteiger partial charge on any atom is 0.309 e. The third-order valence-electron chi connectivity index (χ3n) is 3.81. The molecule has 5 heteroatoms. The lowest BCUT2D eigenvalue weighted by atomic mass is 9.75. The van der Waals surface area contributed by atoms with Gasteiger partial charge in [-0.15, -0.1) is 0 Å².